The number of carbonyl (C=O) groups excluding carboxylic acids is 1. The van der Waals surface area contributed by atoms with E-state index >= 15 is 0 Å². The Balaban J connectivity index is 1.83. The molecule has 0 unspecified atom stereocenters. The third-order valence-corrected chi connectivity index (χ3v) is 4.10. The van der Waals surface area contributed by atoms with Crippen molar-refractivity contribution in [1.82, 2.24) is 15.0 Å². The van der Waals surface area contributed by atoms with Gasteiger partial charge in [0.05, 0.1) is 16.9 Å². The SMILES string of the molecule is Cc1nc(C(=O)Nc2nccs2)c(Nc2cccnc2)s1. The smallest absolute Gasteiger partial charge is 0.279 e. The highest BCUT2D eigenvalue weighted by Gasteiger charge is 2.18. The van der Waals surface area contributed by atoms with Gasteiger partial charge in [0.2, 0.25) is 0 Å². The van der Waals surface area contributed by atoms with Gasteiger partial charge >= 0.3 is 0 Å². The van der Waals surface area contributed by atoms with Gasteiger partial charge in [0, 0.05) is 17.8 Å². The van der Waals surface area contributed by atoms with Gasteiger partial charge in [-0.15, -0.1) is 22.7 Å². The van der Waals surface area contributed by atoms with Gasteiger partial charge in [0.1, 0.15) is 5.00 Å². The third kappa shape index (κ3) is 3.23. The van der Waals surface area contributed by atoms with Gasteiger partial charge in [-0.05, 0) is 19.1 Å². The van der Waals surface area contributed by atoms with Crippen LogP contribution in [-0.2, 0) is 0 Å². The van der Waals surface area contributed by atoms with E-state index in [0.29, 0.717) is 15.8 Å². The van der Waals surface area contributed by atoms with Gasteiger partial charge in [-0.25, -0.2) is 9.97 Å². The molecule has 0 aliphatic rings. The Morgan fingerprint density at radius 2 is 2.24 bits per heavy atom. The van der Waals surface area contributed by atoms with Crippen LogP contribution in [-0.4, -0.2) is 20.9 Å². The van der Waals surface area contributed by atoms with E-state index in [1.807, 2.05) is 19.1 Å². The minimum atomic E-state index is -0.277. The first kappa shape index (κ1) is 13.7. The summed E-state index contributed by atoms with van der Waals surface area (Å²) in [5, 5.41) is 9.76. The number of anilines is 3. The molecule has 0 atom stereocenters. The van der Waals surface area contributed by atoms with Crippen molar-refractivity contribution < 1.29 is 4.79 Å². The second-order valence-electron chi connectivity index (χ2n) is 4.07. The van der Waals surface area contributed by atoms with Crippen LogP contribution in [0.25, 0.3) is 0 Å². The van der Waals surface area contributed by atoms with Gasteiger partial charge in [0.15, 0.2) is 10.8 Å². The Kier molecular flexibility index (Phi) is 3.89. The standard InChI is InChI=1S/C13H11N5OS2/c1-8-16-10(11(19)18-13-15-5-6-20-13)12(21-8)17-9-3-2-4-14-7-9/h2-7,17H,1H3,(H,15,18,19). The number of nitrogens with one attached hydrogen (secondary N) is 2. The van der Waals surface area contributed by atoms with E-state index in [0.717, 1.165) is 10.7 Å². The fourth-order valence-corrected chi connectivity index (χ4v) is 3.04. The molecule has 1 amide bonds. The summed E-state index contributed by atoms with van der Waals surface area (Å²) in [6, 6.07) is 3.70. The van der Waals surface area contributed by atoms with Gasteiger partial charge in [-0.2, -0.15) is 0 Å². The number of carbonyl (C=O) groups is 1. The molecule has 3 heterocycles. The number of amides is 1. The molecule has 0 saturated carbocycles. The highest BCUT2D eigenvalue weighted by molar-refractivity contribution is 7.16. The van der Waals surface area contributed by atoms with Crippen molar-refractivity contribution >= 4 is 44.4 Å². The van der Waals surface area contributed by atoms with E-state index in [1.54, 1.807) is 24.0 Å². The maximum atomic E-state index is 12.3. The lowest BCUT2D eigenvalue weighted by Gasteiger charge is -2.05. The maximum absolute atomic E-state index is 12.3. The second-order valence-corrected chi connectivity index (χ2v) is 6.17. The van der Waals surface area contributed by atoms with E-state index in [1.165, 1.54) is 22.7 Å². The summed E-state index contributed by atoms with van der Waals surface area (Å²) in [6.45, 7) is 1.86. The Bertz CT molecular complexity index is 739. The van der Waals surface area contributed by atoms with Crippen LogP contribution >= 0.6 is 22.7 Å². The molecular weight excluding hydrogens is 306 g/mol. The summed E-state index contributed by atoms with van der Waals surface area (Å²) in [5.74, 6) is -0.277. The molecule has 0 aliphatic carbocycles. The van der Waals surface area contributed by atoms with Crippen LogP contribution in [0.4, 0.5) is 15.8 Å². The zero-order valence-electron chi connectivity index (χ0n) is 11.0. The molecule has 0 radical (unpaired) electrons. The van der Waals surface area contributed by atoms with Gasteiger partial charge in [-0.3, -0.25) is 15.1 Å². The Hall–Kier alpha value is -2.32. The molecule has 0 fully saturated rings. The number of aryl methyl sites for hydroxylation is 1. The van der Waals surface area contributed by atoms with Crippen molar-refractivity contribution in [3.05, 3.63) is 46.8 Å². The summed E-state index contributed by atoms with van der Waals surface area (Å²) in [6.07, 6.45) is 5.03. The largest absolute Gasteiger partial charge is 0.344 e. The van der Waals surface area contributed by atoms with E-state index in [-0.39, 0.29) is 5.91 Å². The summed E-state index contributed by atoms with van der Waals surface area (Å²) in [5.41, 5.74) is 1.17. The molecule has 0 saturated heterocycles. The average molecular weight is 317 g/mol. The van der Waals surface area contributed by atoms with Crippen molar-refractivity contribution in [3.8, 4) is 0 Å². The molecule has 2 N–H and O–H groups in total. The van der Waals surface area contributed by atoms with Crippen LogP contribution in [0, 0.1) is 6.92 Å². The van der Waals surface area contributed by atoms with E-state index in [4.69, 9.17) is 0 Å². The average Bonchev–Trinajstić information content (AvgIpc) is 3.10. The number of rotatable bonds is 4. The Labute approximate surface area is 128 Å². The van der Waals surface area contributed by atoms with Crippen LogP contribution < -0.4 is 10.6 Å². The molecule has 0 aromatic carbocycles. The van der Waals surface area contributed by atoms with Crippen molar-refractivity contribution in [2.24, 2.45) is 0 Å². The van der Waals surface area contributed by atoms with Crippen LogP contribution in [0.5, 0.6) is 0 Å². The second kappa shape index (κ2) is 5.98. The number of nitrogens with zero attached hydrogens (tertiary/aromatic N) is 3. The minimum absolute atomic E-state index is 0.277. The van der Waals surface area contributed by atoms with E-state index in [9.17, 15) is 4.79 Å². The minimum Gasteiger partial charge on any atom is -0.344 e. The van der Waals surface area contributed by atoms with Crippen LogP contribution in [0.3, 0.4) is 0 Å². The lowest BCUT2D eigenvalue weighted by atomic mass is 10.4. The third-order valence-electron chi connectivity index (χ3n) is 2.52. The molecule has 21 heavy (non-hydrogen) atoms. The molecule has 3 rings (SSSR count). The first-order valence-corrected chi connectivity index (χ1v) is 7.77. The molecule has 0 spiro atoms. The molecule has 3 aromatic heterocycles. The number of thiazole rings is 2. The number of hydrogen-bond donors (Lipinski definition) is 2. The summed E-state index contributed by atoms with van der Waals surface area (Å²) in [4.78, 5) is 24.6. The van der Waals surface area contributed by atoms with Crippen molar-refractivity contribution in [1.29, 1.82) is 0 Å². The monoisotopic (exact) mass is 317 g/mol. The van der Waals surface area contributed by atoms with Gasteiger partial charge in [-0.1, -0.05) is 0 Å². The van der Waals surface area contributed by atoms with E-state index < -0.39 is 0 Å². The lowest BCUT2D eigenvalue weighted by molar-refractivity contribution is 0.102. The quantitative estimate of drug-likeness (QED) is 0.772. The van der Waals surface area contributed by atoms with Crippen LogP contribution in [0.1, 0.15) is 15.5 Å². The predicted octanol–water partition coefficient (Wildman–Crippen LogP) is 3.30. The summed E-state index contributed by atoms with van der Waals surface area (Å²) < 4.78 is 0. The summed E-state index contributed by atoms with van der Waals surface area (Å²) >= 11 is 2.79. The fourth-order valence-electron chi connectivity index (χ4n) is 1.67. The topological polar surface area (TPSA) is 79.8 Å². The Morgan fingerprint density at radius 1 is 1.33 bits per heavy atom. The molecule has 6 nitrogen and oxygen atoms in total. The normalized spacial score (nSPS) is 10.3. The molecule has 3 aromatic rings. The van der Waals surface area contributed by atoms with Crippen molar-refractivity contribution in [3.63, 3.8) is 0 Å². The number of pyridine rings is 1. The zero-order valence-corrected chi connectivity index (χ0v) is 12.7. The van der Waals surface area contributed by atoms with Gasteiger partial charge < -0.3 is 5.32 Å². The number of aromatic nitrogens is 3. The molecule has 0 aliphatic heterocycles. The fraction of sp³-hybridized carbons (Fsp3) is 0.0769. The van der Waals surface area contributed by atoms with E-state index in [2.05, 4.69) is 25.6 Å². The molecule has 8 heteroatoms. The van der Waals surface area contributed by atoms with Crippen molar-refractivity contribution in [2.75, 3.05) is 10.6 Å². The lowest BCUT2D eigenvalue weighted by Crippen LogP contribution is -2.13. The van der Waals surface area contributed by atoms with Gasteiger partial charge in [0.25, 0.3) is 5.91 Å². The summed E-state index contributed by atoms with van der Waals surface area (Å²) in [7, 11) is 0. The number of hydrogen-bond acceptors (Lipinski definition) is 7. The molecule has 0 bridgehead atoms. The zero-order chi connectivity index (χ0) is 14.7. The highest BCUT2D eigenvalue weighted by atomic mass is 32.1. The Morgan fingerprint density at radius 3 is 2.95 bits per heavy atom. The highest BCUT2D eigenvalue weighted by Crippen LogP contribution is 2.28. The van der Waals surface area contributed by atoms with Crippen molar-refractivity contribution in [2.45, 2.75) is 6.92 Å². The first-order valence-electron chi connectivity index (χ1n) is 6.07. The molecular formula is C13H11N5OS2. The molecule has 106 valence electrons. The van der Waals surface area contributed by atoms with Crippen LogP contribution in [0.15, 0.2) is 36.1 Å². The predicted molar refractivity (Wildman–Crippen MR) is 84.4 cm³/mol. The first-order chi connectivity index (χ1) is 10.2. The maximum Gasteiger partial charge on any atom is 0.279 e. The van der Waals surface area contributed by atoms with Crippen LogP contribution in [0.2, 0.25) is 0 Å².